The van der Waals surface area contributed by atoms with E-state index in [0.29, 0.717) is 22.2 Å². The molecule has 0 aliphatic carbocycles. The van der Waals surface area contributed by atoms with E-state index in [-0.39, 0.29) is 28.6 Å². The molecule has 10 nitrogen and oxygen atoms in total. The third kappa shape index (κ3) is 5.22. The Balaban J connectivity index is 1.84. The minimum absolute atomic E-state index is 0.0666. The number of aryl methyl sites for hydroxylation is 1. The molecule has 0 radical (unpaired) electrons. The van der Waals surface area contributed by atoms with Gasteiger partial charge in [0, 0.05) is 31.0 Å². The van der Waals surface area contributed by atoms with E-state index in [1.54, 1.807) is 25.1 Å². The molecule has 0 aliphatic rings. The summed E-state index contributed by atoms with van der Waals surface area (Å²) in [5.74, 6) is -2.01. The van der Waals surface area contributed by atoms with E-state index in [2.05, 4.69) is 24.9 Å². The molecule has 4 rings (SSSR count). The number of hydrogen-bond acceptors (Lipinski definition) is 9. The van der Waals surface area contributed by atoms with Crippen LogP contribution in [-0.2, 0) is 22.6 Å². The van der Waals surface area contributed by atoms with Gasteiger partial charge in [0.2, 0.25) is 5.82 Å². The number of fused-ring (bicyclic) bond motifs is 1. The predicted octanol–water partition coefficient (Wildman–Crippen LogP) is 2.97. The standard InChI is InChI=1S/C22H18F3N7O3S/c1-12-5-17(19(28-7-12)36(2,34)35)32(20(33)14-9-29-21(30-10-14)22(23,24)25)11-13-6-16-15(27-8-13)3-4-18(26)31-16/h3-10H,11H2,1-2H3,(H2,26,31). The van der Waals surface area contributed by atoms with Crippen molar-refractivity contribution in [2.45, 2.75) is 24.7 Å². The van der Waals surface area contributed by atoms with Crippen molar-refractivity contribution in [1.82, 2.24) is 24.9 Å². The number of aromatic nitrogens is 5. The number of sulfone groups is 1. The number of nitrogen functional groups attached to an aromatic ring is 1. The van der Waals surface area contributed by atoms with Crippen LogP contribution < -0.4 is 10.6 Å². The van der Waals surface area contributed by atoms with Gasteiger partial charge in [-0.2, -0.15) is 13.2 Å². The minimum Gasteiger partial charge on any atom is -0.384 e. The summed E-state index contributed by atoms with van der Waals surface area (Å²) in [6.07, 6.45) is 0.394. The van der Waals surface area contributed by atoms with Crippen LogP contribution in [0.3, 0.4) is 0 Å². The number of nitrogens with zero attached hydrogens (tertiary/aromatic N) is 6. The highest BCUT2D eigenvalue weighted by atomic mass is 32.2. The number of hydrogen-bond donors (Lipinski definition) is 1. The van der Waals surface area contributed by atoms with Crippen LogP contribution in [0.4, 0.5) is 24.7 Å². The van der Waals surface area contributed by atoms with Gasteiger partial charge in [0.25, 0.3) is 5.91 Å². The lowest BCUT2D eigenvalue weighted by molar-refractivity contribution is -0.145. The Kier molecular flexibility index (Phi) is 6.30. The fourth-order valence-corrected chi connectivity index (χ4v) is 4.15. The van der Waals surface area contributed by atoms with Crippen molar-refractivity contribution in [3.8, 4) is 0 Å². The normalized spacial score (nSPS) is 12.0. The molecule has 0 fully saturated rings. The summed E-state index contributed by atoms with van der Waals surface area (Å²) in [5, 5.41) is -0.384. The lowest BCUT2D eigenvalue weighted by atomic mass is 10.1. The van der Waals surface area contributed by atoms with E-state index in [0.717, 1.165) is 23.5 Å². The smallest absolute Gasteiger partial charge is 0.384 e. The first-order chi connectivity index (χ1) is 16.8. The summed E-state index contributed by atoms with van der Waals surface area (Å²) < 4.78 is 63.6. The molecule has 0 aliphatic heterocycles. The van der Waals surface area contributed by atoms with Gasteiger partial charge in [0.15, 0.2) is 14.9 Å². The van der Waals surface area contributed by atoms with Gasteiger partial charge in [-0.05, 0) is 42.3 Å². The average Bonchev–Trinajstić information content (AvgIpc) is 2.80. The Morgan fingerprint density at radius 3 is 2.33 bits per heavy atom. The Bertz CT molecular complexity index is 1580. The summed E-state index contributed by atoms with van der Waals surface area (Å²) in [6.45, 7) is 1.43. The molecule has 0 aromatic carbocycles. The van der Waals surface area contributed by atoms with Gasteiger partial charge in [0.1, 0.15) is 5.82 Å². The summed E-state index contributed by atoms with van der Waals surface area (Å²) in [6, 6.07) is 6.30. The maximum Gasteiger partial charge on any atom is 0.451 e. The molecular weight excluding hydrogens is 499 g/mol. The molecule has 0 saturated heterocycles. The molecule has 4 aromatic heterocycles. The Morgan fingerprint density at radius 1 is 1.00 bits per heavy atom. The third-order valence-corrected chi connectivity index (χ3v) is 5.98. The molecule has 1 amide bonds. The second-order valence-electron chi connectivity index (χ2n) is 7.91. The number of anilines is 2. The van der Waals surface area contributed by atoms with Gasteiger partial charge in [-0.3, -0.25) is 9.78 Å². The van der Waals surface area contributed by atoms with Crippen LogP contribution in [0.1, 0.15) is 27.3 Å². The maximum atomic E-state index is 13.5. The van der Waals surface area contributed by atoms with E-state index in [9.17, 15) is 26.4 Å². The molecule has 0 saturated carbocycles. The van der Waals surface area contributed by atoms with Crippen molar-refractivity contribution in [2.75, 3.05) is 16.9 Å². The van der Waals surface area contributed by atoms with Crippen LogP contribution in [0.5, 0.6) is 0 Å². The number of carbonyl (C=O) groups excluding carboxylic acids is 1. The Labute approximate surface area is 203 Å². The Morgan fingerprint density at radius 2 is 1.69 bits per heavy atom. The van der Waals surface area contributed by atoms with Gasteiger partial charge in [0.05, 0.1) is 28.8 Å². The van der Waals surface area contributed by atoms with Crippen molar-refractivity contribution in [3.63, 3.8) is 0 Å². The topological polar surface area (TPSA) is 145 Å². The fraction of sp³-hybridized carbons (Fsp3) is 0.182. The molecule has 0 atom stereocenters. The lowest BCUT2D eigenvalue weighted by Gasteiger charge is -2.25. The van der Waals surface area contributed by atoms with Crippen LogP contribution in [0, 0.1) is 6.92 Å². The predicted molar refractivity (Wildman–Crippen MR) is 124 cm³/mol. The molecule has 2 N–H and O–H groups in total. The molecule has 4 heterocycles. The van der Waals surface area contributed by atoms with E-state index < -0.39 is 27.7 Å². The number of pyridine rings is 3. The first-order valence-electron chi connectivity index (χ1n) is 10.2. The van der Waals surface area contributed by atoms with Crippen LogP contribution in [0.25, 0.3) is 11.0 Å². The third-order valence-electron chi connectivity index (χ3n) is 4.96. The number of halogens is 3. The summed E-state index contributed by atoms with van der Waals surface area (Å²) in [5.41, 5.74) is 7.35. The lowest BCUT2D eigenvalue weighted by Crippen LogP contribution is -2.32. The zero-order valence-electron chi connectivity index (χ0n) is 18.9. The molecule has 0 spiro atoms. The zero-order chi connectivity index (χ0) is 26.3. The number of carbonyl (C=O) groups is 1. The highest BCUT2D eigenvalue weighted by Gasteiger charge is 2.35. The first kappa shape index (κ1) is 24.9. The number of nitrogens with two attached hydrogens (primary N) is 1. The largest absolute Gasteiger partial charge is 0.451 e. The van der Waals surface area contributed by atoms with Crippen molar-refractivity contribution in [3.05, 3.63) is 71.6 Å². The molecular formula is C22H18F3N7O3S. The highest BCUT2D eigenvalue weighted by Crippen LogP contribution is 2.29. The second kappa shape index (κ2) is 9.11. The van der Waals surface area contributed by atoms with Gasteiger partial charge in [-0.1, -0.05) is 0 Å². The maximum absolute atomic E-state index is 13.5. The molecule has 14 heteroatoms. The SMILES string of the molecule is Cc1cnc(S(C)(=O)=O)c(N(Cc2cnc3ccc(N)nc3c2)C(=O)c2cnc(C(F)(F)F)nc2)c1. The van der Waals surface area contributed by atoms with Crippen molar-refractivity contribution >= 4 is 38.3 Å². The quantitative estimate of drug-likeness (QED) is 0.422. The average molecular weight is 517 g/mol. The summed E-state index contributed by atoms with van der Waals surface area (Å²) in [4.78, 5) is 33.5. The van der Waals surface area contributed by atoms with Crippen molar-refractivity contribution in [2.24, 2.45) is 0 Å². The van der Waals surface area contributed by atoms with Crippen LogP contribution in [0.2, 0.25) is 0 Å². The van der Waals surface area contributed by atoms with Crippen LogP contribution in [0.15, 0.2) is 54.1 Å². The van der Waals surface area contributed by atoms with Crippen LogP contribution in [-0.4, -0.2) is 45.5 Å². The van der Waals surface area contributed by atoms with E-state index >= 15 is 0 Å². The van der Waals surface area contributed by atoms with E-state index in [1.807, 2.05) is 0 Å². The minimum atomic E-state index is -4.79. The summed E-state index contributed by atoms with van der Waals surface area (Å²) in [7, 11) is -3.90. The zero-order valence-corrected chi connectivity index (χ0v) is 19.7. The number of rotatable bonds is 5. The number of amides is 1. The van der Waals surface area contributed by atoms with Gasteiger partial charge in [-0.25, -0.2) is 28.4 Å². The van der Waals surface area contributed by atoms with E-state index in [4.69, 9.17) is 5.73 Å². The highest BCUT2D eigenvalue weighted by molar-refractivity contribution is 7.90. The number of alkyl halides is 3. The summed E-state index contributed by atoms with van der Waals surface area (Å²) >= 11 is 0. The van der Waals surface area contributed by atoms with Gasteiger partial charge < -0.3 is 10.6 Å². The second-order valence-corrected chi connectivity index (χ2v) is 9.84. The molecule has 36 heavy (non-hydrogen) atoms. The fourth-order valence-electron chi connectivity index (χ4n) is 3.36. The molecule has 4 aromatic rings. The Hall–Kier alpha value is -4.20. The van der Waals surface area contributed by atoms with Gasteiger partial charge in [-0.15, -0.1) is 0 Å². The monoisotopic (exact) mass is 517 g/mol. The van der Waals surface area contributed by atoms with Crippen LogP contribution >= 0.6 is 0 Å². The van der Waals surface area contributed by atoms with Gasteiger partial charge >= 0.3 is 6.18 Å². The first-order valence-corrected chi connectivity index (χ1v) is 12.1. The molecule has 186 valence electrons. The van der Waals surface area contributed by atoms with E-state index in [1.165, 1.54) is 18.5 Å². The molecule has 0 unspecified atom stereocenters. The van der Waals surface area contributed by atoms with Crippen molar-refractivity contribution < 1.29 is 26.4 Å². The van der Waals surface area contributed by atoms with Crippen molar-refractivity contribution in [1.29, 1.82) is 0 Å². The molecule has 0 bridgehead atoms.